The van der Waals surface area contributed by atoms with E-state index in [-0.39, 0.29) is 30.0 Å². The van der Waals surface area contributed by atoms with E-state index >= 15 is 0 Å². The number of nitro groups is 1. The Labute approximate surface area is 174 Å². The lowest BCUT2D eigenvalue weighted by atomic mass is 9.97. The predicted octanol–water partition coefficient (Wildman–Crippen LogP) is 4.70. The molecule has 0 aliphatic heterocycles. The van der Waals surface area contributed by atoms with Gasteiger partial charge in [-0.2, -0.15) is 0 Å². The Morgan fingerprint density at radius 2 is 1.70 bits per heavy atom. The van der Waals surface area contributed by atoms with Gasteiger partial charge in [0.25, 0.3) is 5.69 Å². The van der Waals surface area contributed by atoms with Crippen LogP contribution in [-0.2, 0) is 4.79 Å². The average molecular weight is 407 g/mol. The molecule has 0 heterocycles. The second kappa shape index (κ2) is 9.28. The van der Waals surface area contributed by atoms with Gasteiger partial charge in [-0.15, -0.1) is 0 Å². The zero-order valence-electron chi connectivity index (χ0n) is 16.7. The van der Waals surface area contributed by atoms with Gasteiger partial charge in [0.2, 0.25) is 5.91 Å². The van der Waals surface area contributed by atoms with Crippen LogP contribution < -0.4 is 5.32 Å². The second-order valence-electron chi connectivity index (χ2n) is 7.09. The van der Waals surface area contributed by atoms with Crippen molar-refractivity contribution in [3.8, 4) is 0 Å². The number of hydrogen-bond donors (Lipinski definition) is 1. The zero-order chi connectivity index (χ0) is 21.7. The van der Waals surface area contributed by atoms with Crippen LogP contribution in [-0.4, -0.2) is 29.3 Å². The molecule has 0 spiro atoms. The topological polar surface area (TPSA) is 75.5 Å². The minimum atomic E-state index is -0.475. The summed E-state index contributed by atoms with van der Waals surface area (Å²) < 4.78 is 13.4. The van der Waals surface area contributed by atoms with Gasteiger partial charge in [0.05, 0.1) is 17.5 Å². The van der Waals surface area contributed by atoms with Crippen LogP contribution in [0, 0.1) is 22.9 Å². The fourth-order valence-electron chi connectivity index (χ4n) is 3.38. The van der Waals surface area contributed by atoms with Crippen LogP contribution in [0.1, 0.15) is 22.7 Å². The summed E-state index contributed by atoms with van der Waals surface area (Å²) in [5.41, 5.74) is 2.66. The highest BCUT2D eigenvalue weighted by Crippen LogP contribution is 2.28. The first-order valence-corrected chi connectivity index (χ1v) is 9.40. The molecule has 1 atom stereocenters. The number of carbonyl (C=O) groups excluding carboxylic acids is 1. The van der Waals surface area contributed by atoms with Crippen LogP contribution in [0.3, 0.4) is 0 Å². The van der Waals surface area contributed by atoms with Gasteiger partial charge in [0.1, 0.15) is 5.82 Å². The van der Waals surface area contributed by atoms with Crippen LogP contribution in [0.5, 0.6) is 0 Å². The molecule has 0 saturated carbocycles. The highest BCUT2D eigenvalue weighted by atomic mass is 19.1. The van der Waals surface area contributed by atoms with Gasteiger partial charge < -0.3 is 5.32 Å². The first-order valence-electron chi connectivity index (χ1n) is 9.40. The monoisotopic (exact) mass is 407 g/mol. The van der Waals surface area contributed by atoms with Crippen molar-refractivity contribution in [1.29, 1.82) is 0 Å². The lowest BCUT2D eigenvalue weighted by Crippen LogP contribution is -2.34. The molecular weight excluding hydrogens is 385 g/mol. The van der Waals surface area contributed by atoms with E-state index in [1.165, 1.54) is 18.2 Å². The van der Waals surface area contributed by atoms with Crippen LogP contribution in [0.4, 0.5) is 15.8 Å². The Balaban J connectivity index is 1.79. The number of nitro benzene ring substituents is 1. The molecule has 1 amide bonds. The summed E-state index contributed by atoms with van der Waals surface area (Å²) in [5.74, 6) is -0.634. The van der Waals surface area contributed by atoms with Gasteiger partial charge in [0.15, 0.2) is 0 Å². The van der Waals surface area contributed by atoms with E-state index < -0.39 is 4.92 Å². The predicted molar refractivity (Wildman–Crippen MR) is 114 cm³/mol. The average Bonchev–Trinajstić information content (AvgIpc) is 2.71. The third-order valence-electron chi connectivity index (χ3n) is 4.82. The van der Waals surface area contributed by atoms with Crippen LogP contribution in [0.15, 0.2) is 72.8 Å². The highest BCUT2D eigenvalue weighted by molar-refractivity contribution is 5.92. The number of carbonyl (C=O) groups is 1. The minimum absolute atomic E-state index is 0.0403. The van der Waals surface area contributed by atoms with Gasteiger partial charge in [-0.25, -0.2) is 4.39 Å². The fraction of sp³-hybridized carbons (Fsp3) is 0.174. The molecule has 7 heteroatoms. The van der Waals surface area contributed by atoms with Gasteiger partial charge in [-0.05, 0) is 43.3 Å². The minimum Gasteiger partial charge on any atom is -0.325 e. The van der Waals surface area contributed by atoms with E-state index in [4.69, 9.17) is 0 Å². The summed E-state index contributed by atoms with van der Waals surface area (Å²) in [7, 11) is 1.80. The van der Waals surface area contributed by atoms with Gasteiger partial charge in [-0.1, -0.05) is 48.5 Å². The van der Waals surface area contributed by atoms with Crippen molar-refractivity contribution >= 4 is 17.3 Å². The van der Waals surface area contributed by atoms with Crippen LogP contribution in [0.2, 0.25) is 0 Å². The Morgan fingerprint density at radius 3 is 2.33 bits per heavy atom. The first-order chi connectivity index (χ1) is 14.3. The first kappa shape index (κ1) is 21.1. The van der Waals surface area contributed by atoms with Crippen molar-refractivity contribution in [1.82, 2.24) is 4.90 Å². The lowest BCUT2D eigenvalue weighted by molar-refractivity contribution is -0.385. The maximum absolute atomic E-state index is 13.4. The number of halogens is 1. The van der Waals surface area contributed by atoms with E-state index in [2.05, 4.69) is 5.32 Å². The second-order valence-corrected chi connectivity index (χ2v) is 7.09. The standard InChI is InChI=1S/C23H22FN3O3/c1-16-8-13-20(14-21(16)27(29)30)25-22(28)15-26(2)23(17-6-4-3-5-7-17)18-9-11-19(24)12-10-18/h3-14,23H,15H2,1-2H3,(H,25,28). The molecule has 0 aliphatic rings. The van der Waals surface area contributed by atoms with E-state index in [1.807, 2.05) is 35.2 Å². The molecule has 1 unspecified atom stereocenters. The Kier molecular flexibility index (Phi) is 6.54. The molecule has 0 fully saturated rings. The van der Waals surface area contributed by atoms with Crippen LogP contribution in [0.25, 0.3) is 0 Å². The Bertz CT molecular complexity index is 1040. The lowest BCUT2D eigenvalue weighted by Gasteiger charge is -2.28. The van der Waals surface area contributed by atoms with E-state index in [0.717, 1.165) is 11.1 Å². The number of nitrogens with one attached hydrogen (secondary N) is 1. The molecule has 3 aromatic carbocycles. The normalized spacial score (nSPS) is 11.9. The third-order valence-corrected chi connectivity index (χ3v) is 4.82. The molecular formula is C23H22FN3O3. The van der Waals surface area contributed by atoms with E-state index in [0.29, 0.717) is 11.3 Å². The maximum Gasteiger partial charge on any atom is 0.274 e. The summed E-state index contributed by atoms with van der Waals surface area (Å²) in [5, 5.41) is 13.8. The van der Waals surface area contributed by atoms with Crippen molar-refractivity contribution in [2.75, 3.05) is 18.9 Å². The number of anilines is 1. The third kappa shape index (κ3) is 5.07. The van der Waals surface area contributed by atoms with Crippen molar-refractivity contribution in [2.45, 2.75) is 13.0 Å². The summed E-state index contributed by atoms with van der Waals surface area (Å²) >= 11 is 0. The molecule has 0 saturated heterocycles. The van der Waals surface area contributed by atoms with Crippen molar-refractivity contribution in [2.24, 2.45) is 0 Å². The Hall–Kier alpha value is -3.58. The maximum atomic E-state index is 13.4. The van der Waals surface area contributed by atoms with E-state index in [9.17, 15) is 19.3 Å². The molecule has 30 heavy (non-hydrogen) atoms. The molecule has 0 aliphatic carbocycles. The molecule has 3 aromatic rings. The molecule has 3 rings (SSSR count). The number of benzene rings is 3. The number of aryl methyl sites for hydroxylation is 1. The summed E-state index contributed by atoms with van der Waals surface area (Å²) in [6.45, 7) is 1.68. The molecule has 0 bridgehead atoms. The molecule has 0 aromatic heterocycles. The molecule has 1 N–H and O–H groups in total. The molecule has 0 radical (unpaired) electrons. The van der Waals surface area contributed by atoms with E-state index in [1.54, 1.807) is 38.2 Å². The number of amides is 1. The summed E-state index contributed by atoms with van der Waals surface area (Å²) in [6.07, 6.45) is 0. The largest absolute Gasteiger partial charge is 0.325 e. The highest BCUT2D eigenvalue weighted by Gasteiger charge is 2.22. The number of rotatable bonds is 7. The van der Waals surface area contributed by atoms with Crippen molar-refractivity contribution in [3.63, 3.8) is 0 Å². The summed E-state index contributed by atoms with van der Waals surface area (Å²) in [4.78, 5) is 25.1. The number of likely N-dealkylation sites (N-methyl/N-ethyl adjacent to an activating group) is 1. The fourth-order valence-corrected chi connectivity index (χ4v) is 3.38. The SMILES string of the molecule is Cc1ccc(NC(=O)CN(C)C(c2ccccc2)c2ccc(F)cc2)cc1[N+](=O)[O-]. The van der Waals surface area contributed by atoms with Gasteiger partial charge >= 0.3 is 0 Å². The zero-order valence-corrected chi connectivity index (χ0v) is 16.7. The van der Waals surface area contributed by atoms with Gasteiger partial charge in [-0.3, -0.25) is 19.8 Å². The number of nitrogens with zero attached hydrogens (tertiary/aromatic N) is 2. The summed E-state index contributed by atoms with van der Waals surface area (Å²) in [6, 6.07) is 20.1. The quantitative estimate of drug-likeness (QED) is 0.455. The number of hydrogen-bond acceptors (Lipinski definition) is 4. The Morgan fingerprint density at radius 1 is 1.07 bits per heavy atom. The van der Waals surface area contributed by atoms with Crippen molar-refractivity contribution in [3.05, 3.63) is 105 Å². The van der Waals surface area contributed by atoms with Gasteiger partial charge in [0, 0.05) is 17.3 Å². The van der Waals surface area contributed by atoms with Crippen LogP contribution >= 0.6 is 0 Å². The van der Waals surface area contributed by atoms with Crippen molar-refractivity contribution < 1.29 is 14.1 Å². The smallest absolute Gasteiger partial charge is 0.274 e. The molecule has 154 valence electrons. The molecule has 6 nitrogen and oxygen atoms in total.